The van der Waals surface area contributed by atoms with Gasteiger partial charge in [0.25, 0.3) is 5.91 Å². The minimum absolute atomic E-state index is 0.0480. The minimum Gasteiger partial charge on any atom is -0.378 e. The van der Waals surface area contributed by atoms with E-state index in [9.17, 15) is 18.0 Å². The van der Waals surface area contributed by atoms with Crippen molar-refractivity contribution >= 4 is 11.6 Å². The molecule has 3 N–H and O–H groups in total. The van der Waals surface area contributed by atoms with E-state index in [0.717, 1.165) is 36.5 Å². The lowest BCUT2D eigenvalue weighted by atomic mass is 9.76. The van der Waals surface area contributed by atoms with Crippen molar-refractivity contribution in [3.63, 3.8) is 0 Å². The van der Waals surface area contributed by atoms with Crippen molar-refractivity contribution in [3.05, 3.63) is 101 Å². The van der Waals surface area contributed by atoms with Gasteiger partial charge in [-0.25, -0.2) is 0 Å². The van der Waals surface area contributed by atoms with Gasteiger partial charge in [0, 0.05) is 35.8 Å². The number of carbonyl (C=O) groups excluding carboxylic acids is 1. The Morgan fingerprint density at radius 1 is 1.02 bits per heavy atom. The fourth-order valence-electron chi connectivity index (χ4n) is 5.90. The summed E-state index contributed by atoms with van der Waals surface area (Å²) in [6, 6.07) is 21.2. The first kappa shape index (κ1) is 28.2. The number of halogens is 3. The number of carbonyl (C=O) groups is 1. The van der Waals surface area contributed by atoms with Crippen LogP contribution in [0.2, 0.25) is 0 Å². The molecule has 40 heavy (non-hydrogen) atoms. The van der Waals surface area contributed by atoms with E-state index in [1.54, 1.807) is 0 Å². The normalized spacial score (nSPS) is 22.1. The van der Waals surface area contributed by atoms with Crippen LogP contribution in [0.3, 0.4) is 0 Å². The number of benzene rings is 3. The third-order valence-corrected chi connectivity index (χ3v) is 8.03. The van der Waals surface area contributed by atoms with Crippen molar-refractivity contribution < 1.29 is 22.7 Å². The van der Waals surface area contributed by atoms with Gasteiger partial charge in [0.2, 0.25) is 0 Å². The van der Waals surface area contributed by atoms with Crippen LogP contribution in [0.5, 0.6) is 0 Å². The summed E-state index contributed by atoms with van der Waals surface area (Å²) < 4.78 is 47.7. The number of unbranched alkanes of at least 4 members (excludes halogenated alkanes) is 1. The molecule has 1 amide bonds. The van der Waals surface area contributed by atoms with Crippen LogP contribution < -0.4 is 11.1 Å². The second kappa shape index (κ2) is 12.0. The Balaban J connectivity index is 1.42. The van der Waals surface area contributed by atoms with Gasteiger partial charge in [0.1, 0.15) is 0 Å². The standard InChI is InChI=1S/C32H36F3N3O2/c1-21-9-11-23(12-10-21)31(39)38(18-6-5-17-36)20-25-14-15-26-29(22-7-3-2-4-8-22)37-28-16-13-24(32(33,34)35)19-27(28)30(26)40-25/h2-4,7-13,16,19,25-26,29-30,37H,5-6,14-15,17-18,20,36H2,1H3/t25-,26+,29+,30+/m1/s1. The van der Waals surface area contributed by atoms with E-state index in [1.165, 1.54) is 12.1 Å². The lowest BCUT2D eigenvalue weighted by molar-refractivity contribution is -0.138. The summed E-state index contributed by atoms with van der Waals surface area (Å²) in [5.41, 5.74) is 8.96. The minimum atomic E-state index is -4.45. The lowest BCUT2D eigenvalue weighted by Crippen LogP contribution is -2.45. The molecular formula is C32H36F3N3O2. The van der Waals surface area contributed by atoms with Crippen molar-refractivity contribution in [2.45, 2.75) is 57.0 Å². The van der Waals surface area contributed by atoms with Crippen molar-refractivity contribution in [2.75, 3.05) is 25.0 Å². The largest absolute Gasteiger partial charge is 0.416 e. The Hall–Kier alpha value is -3.36. The monoisotopic (exact) mass is 551 g/mol. The molecule has 3 aromatic rings. The number of aryl methyl sites for hydroxylation is 1. The Morgan fingerprint density at radius 2 is 1.77 bits per heavy atom. The maximum absolute atomic E-state index is 13.7. The molecule has 1 saturated heterocycles. The van der Waals surface area contributed by atoms with E-state index < -0.39 is 17.8 Å². The highest BCUT2D eigenvalue weighted by molar-refractivity contribution is 5.94. The molecule has 3 aromatic carbocycles. The average molecular weight is 552 g/mol. The zero-order valence-electron chi connectivity index (χ0n) is 22.7. The van der Waals surface area contributed by atoms with Gasteiger partial charge in [-0.1, -0.05) is 48.0 Å². The van der Waals surface area contributed by atoms with Crippen LogP contribution in [0, 0.1) is 12.8 Å². The summed E-state index contributed by atoms with van der Waals surface area (Å²) in [4.78, 5) is 15.3. The summed E-state index contributed by atoms with van der Waals surface area (Å²) in [5, 5.41) is 3.50. The second-order valence-corrected chi connectivity index (χ2v) is 10.9. The molecule has 0 radical (unpaired) electrons. The third-order valence-electron chi connectivity index (χ3n) is 8.03. The molecule has 0 bridgehead atoms. The number of nitrogens with zero attached hydrogens (tertiary/aromatic N) is 1. The average Bonchev–Trinajstić information content (AvgIpc) is 2.96. The van der Waals surface area contributed by atoms with Crippen LogP contribution in [0.25, 0.3) is 0 Å². The molecule has 8 heteroatoms. The summed E-state index contributed by atoms with van der Waals surface area (Å²) in [5.74, 6) is -0.122. The van der Waals surface area contributed by atoms with E-state index in [4.69, 9.17) is 10.5 Å². The molecule has 0 aliphatic carbocycles. The molecule has 1 fully saturated rings. The molecule has 0 spiro atoms. The summed E-state index contributed by atoms with van der Waals surface area (Å²) in [6.07, 6.45) is -2.25. The van der Waals surface area contributed by atoms with Gasteiger partial charge >= 0.3 is 6.18 Å². The van der Waals surface area contributed by atoms with E-state index in [-0.39, 0.29) is 24.0 Å². The van der Waals surface area contributed by atoms with E-state index in [0.29, 0.717) is 42.9 Å². The molecule has 0 aromatic heterocycles. The summed E-state index contributed by atoms with van der Waals surface area (Å²) in [7, 11) is 0. The number of nitrogens with two attached hydrogens (primary N) is 1. The van der Waals surface area contributed by atoms with Gasteiger partial charge < -0.3 is 20.7 Å². The summed E-state index contributed by atoms with van der Waals surface area (Å²) in [6.45, 7) is 3.44. The Labute approximate surface area is 233 Å². The van der Waals surface area contributed by atoms with Crippen LogP contribution in [0.1, 0.15) is 70.4 Å². The zero-order chi connectivity index (χ0) is 28.3. The SMILES string of the molecule is Cc1ccc(C(=O)N(CCCCN)C[C@H]2CC[C@@H]3[C@H](O2)c2cc(C(F)(F)F)ccc2N[C@H]3c2ccccc2)cc1. The molecule has 0 unspecified atom stereocenters. The molecule has 2 aliphatic heterocycles. The number of hydrogen-bond acceptors (Lipinski definition) is 4. The van der Waals surface area contributed by atoms with Gasteiger partial charge in [-0.3, -0.25) is 4.79 Å². The maximum Gasteiger partial charge on any atom is 0.416 e. The number of rotatable bonds is 8. The smallest absolute Gasteiger partial charge is 0.378 e. The van der Waals surface area contributed by atoms with E-state index in [1.807, 2.05) is 66.4 Å². The van der Waals surface area contributed by atoms with Crippen molar-refractivity contribution in [1.29, 1.82) is 0 Å². The molecule has 4 atom stereocenters. The van der Waals surface area contributed by atoms with Gasteiger partial charge in [-0.05, 0) is 75.0 Å². The number of anilines is 1. The summed E-state index contributed by atoms with van der Waals surface area (Å²) >= 11 is 0. The third kappa shape index (κ3) is 6.18. The second-order valence-electron chi connectivity index (χ2n) is 10.9. The van der Waals surface area contributed by atoms with E-state index >= 15 is 0 Å². The maximum atomic E-state index is 13.7. The lowest BCUT2D eigenvalue weighted by Gasteiger charge is -2.46. The van der Waals surface area contributed by atoms with Crippen molar-refractivity contribution in [3.8, 4) is 0 Å². The highest BCUT2D eigenvalue weighted by Crippen LogP contribution is 2.51. The molecule has 0 saturated carbocycles. The highest BCUT2D eigenvalue weighted by Gasteiger charge is 2.44. The number of amides is 1. The van der Waals surface area contributed by atoms with Crippen LogP contribution in [0.4, 0.5) is 18.9 Å². The van der Waals surface area contributed by atoms with E-state index in [2.05, 4.69) is 5.32 Å². The Bertz CT molecular complexity index is 1300. The van der Waals surface area contributed by atoms with Gasteiger partial charge in [-0.2, -0.15) is 13.2 Å². The van der Waals surface area contributed by atoms with Crippen LogP contribution in [-0.4, -0.2) is 36.5 Å². The van der Waals surface area contributed by atoms with Crippen molar-refractivity contribution in [1.82, 2.24) is 4.90 Å². The Morgan fingerprint density at radius 3 is 2.48 bits per heavy atom. The molecule has 5 nitrogen and oxygen atoms in total. The van der Waals surface area contributed by atoms with Crippen molar-refractivity contribution in [2.24, 2.45) is 11.7 Å². The quantitative estimate of drug-likeness (QED) is 0.299. The first-order valence-electron chi connectivity index (χ1n) is 14.0. The highest BCUT2D eigenvalue weighted by atomic mass is 19.4. The number of hydrogen-bond donors (Lipinski definition) is 2. The van der Waals surface area contributed by atoms with Crippen LogP contribution in [-0.2, 0) is 10.9 Å². The fourth-order valence-corrected chi connectivity index (χ4v) is 5.90. The zero-order valence-corrected chi connectivity index (χ0v) is 22.7. The van der Waals surface area contributed by atoms with Crippen LogP contribution >= 0.6 is 0 Å². The van der Waals surface area contributed by atoms with Crippen LogP contribution in [0.15, 0.2) is 72.8 Å². The predicted molar refractivity (Wildman–Crippen MR) is 150 cm³/mol. The van der Waals surface area contributed by atoms with Gasteiger partial charge in [0.15, 0.2) is 0 Å². The number of alkyl halides is 3. The molecule has 2 aliphatic rings. The topological polar surface area (TPSA) is 67.6 Å². The molecule has 212 valence electrons. The fraction of sp³-hybridized carbons (Fsp3) is 0.406. The Kier molecular flexibility index (Phi) is 8.47. The molecule has 2 heterocycles. The number of ether oxygens (including phenoxy) is 1. The first-order chi connectivity index (χ1) is 19.2. The molecular weight excluding hydrogens is 515 g/mol. The molecule has 5 rings (SSSR count). The van der Waals surface area contributed by atoms with Gasteiger partial charge in [0.05, 0.1) is 23.8 Å². The van der Waals surface area contributed by atoms with Gasteiger partial charge in [-0.15, -0.1) is 0 Å². The number of fused-ring (bicyclic) bond motifs is 3. The number of nitrogens with one attached hydrogen (secondary N) is 1. The predicted octanol–water partition coefficient (Wildman–Crippen LogP) is 6.90. The first-order valence-corrected chi connectivity index (χ1v) is 14.0.